The van der Waals surface area contributed by atoms with Gasteiger partial charge in [-0.1, -0.05) is 32.1 Å². The summed E-state index contributed by atoms with van der Waals surface area (Å²) in [6.07, 6.45) is 12.7. The molecule has 0 saturated carbocycles. The van der Waals surface area contributed by atoms with Crippen molar-refractivity contribution in [2.45, 2.75) is 101 Å². The molecule has 0 rings (SSSR count). The molecule has 0 atom stereocenters. The lowest BCUT2D eigenvalue weighted by Gasteiger charge is -2.32. The molecule has 0 amide bonds. The highest BCUT2D eigenvalue weighted by Crippen LogP contribution is 2.29. The van der Waals surface area contributed by atoms with E-state index in [1.54, 1.807) is 28.4 Å². The van der Waals surface area contributed by atoms with Gasteiger partial charge in [0.05, 0.1) is 0 Å². The minimum atomic E-state index is -2.03. The smallest absolute Gasteiger partial charge is 0.334 e. The predicted octanol–water partition coefficient (Wildman–Crippen LogP) is 4.66. The number of hydrogen-bond donors (Lipinski definition) is 2. The van der Waals surface area contributed by atoms with Crippen molar-refractivity contribution in [1.82, 2.24) is 0 Å². The van der Waals surface area contributed by atoms with Gasteiger partial charge in [0.25, 0.3) is 0 Å². The average Bonchev–Trinajstić information content (AvgIpc) is 2.72. The Hall–Kier alpha value is 0.194. The van der Waals surface area contributed by atoms with E-state index < -0.39 is 17.1 Å². The first-order valence-electron chi connectivity index (χ1n) is 11.4. The SMILES string of the molecule is CO[Si](C)(CCCC(N)(CCCCCCCCN)CCC[Si](C)(OC)OC)OC. The maximum absolute atomic E-state index is 6.94. The Balaban J connectivity index is 4.59. The fourth-order valence-electron chi connectivity index (χ4n) is 3.80. The van der Waals surface area contributed by atoms with E-state index in [9.17, 15) is 0 Å². The van der Waals surface area contributed by atoms with Gasteiger partial charge in [-0.25, -0.2) is 0 Å². The Kier molecular flexibility index (Phi) is 16.0. The lowest BCUT2D eigenvalue weighted by atomic mass is 9.84. The Bertz CT molecular complexity index is 371. The summed E-state index contributed by atoms with van der Waals surface area (Å²) in [5.74, 6) is 0. The molecule has 0 spiro atoms. The minimum Gasteiger partial charge on any atom is -0.398 e. The van der Waals surface area contributed by atoms with Crippen molar-refractivity contribution in [2.24, 2.45) is 11.5 Å². The first-order chi connectivity index (χ1) is 13.7. The quantitative estimate of drug-likeness (QED) is 0.207. The van der Waals surface area contributed by atoms with Crippen LogP contribution in [-0.2, 0) is 17.7 Å². The van der Waals surface area contributed by atoms with Gasteiger partial charge >= 0.3 is 17.1 Å². The Morgan fingerprint density at radius 3 is 1.31 bits per heavy atom. The first-order valence-corrected chi connectivity index (χ1v) is 16.5. The third kappa shape index (κ3) is 13.3. The van der Waals surface area contributed by atoms with E-state index in [0.717, 1.165) is 57.2 Å². The van der Waals surface area contributed by atoms with Gasteiger partial charge in [-0.15, -0.1) is 0 Å². The van der Waals surface area contributed by atoms with E-state index in [4.69, 9.17) is 29.2 Å². The highest BCUT2D eigenvalue weighted by Gasteiger charge is 2.33. The van der Waals surface area contributed by atoms with Gasteiger partial charge in [-0.3, -0.25) is 0 Å². The second-order valence-corrected chi connectivity index (χ2v) is 16.0. The summed E-state index contributed by atoms with van der Waals surface area (Å²) >= 11 is 0. The highest BCUT2D eigenvalue weighted by atomic mass is 28.4. The van der Waals surface area contributed by atoms with Crippen LogP contribution < -0.4 is 11.5 Å². The molecule has 8 heteroatoms. The zero-order chi connectivity index (χ0) is 22.2. The van der Waals surface area contributed by atoms with Crippen LogP contribution in [0.25, 0.3) is 0 Å². The molecule has 0 radical (unpaired) electrons. The average molecular weight is 451 g/mol. The molecule has 0 aliphatic rings. The maximum atomic E-state index is 6.94. The zero-order valence-electron chi connectivity index (χ0n) is 20.2. The molecule has 176 valence electrons. The summed E-state index contributed by atoms with van der Waals surface area (Å²) in [7, 11) is 2.99. The van der Waals surface area contributed by atoms with Crippen LogP contribution in [0.5, 0.6) is 0 Å². The molecule has 0 aromatic carbocycles. The maximum Gasteiger partial charge on any atom is 0.334 e. The van der Waals surface area contributed by atoms with E-state index in [1.165, 1.54) is 32.1 Å². The highest BCUT2D eigenvalue weighted by molar-refractivity contribution is 6.66. The van der Waals surface area contributed by atoms with Crippen molar-refractivity contribution in [3.8, 4) is 0 Å². The third-order valence-corrected chi connectivity index (χ3v) is 12.4. The van der Waals surface area contributed by atoms with Gasteiger partial charge in [-0.05, 0) is 70.3 Å². The van der Waals surface area contributed by atoms with Gasteiger partial charge in [0, 0.05) is 34.0 Å². The molecule has 0 aliphatic carbocycles. The lowest BCUT2D eigenvalue weighted by Crippen LogP contribution is -2.42. The molecule has 0 saturated heterocycles. The first kappa shape index (κ1) is 29.2. The van der Waals surface area contributed by atoms with E-state index in [1.807, 2.05) is 0 Å². The Morgan fingerprint density at radius 1 is 0.586 bits per heavy atom. The predicted molar refractivity (Wildman–Crippen MR) is 128 cm³/mol. The van der Waals surface area contributed by atoms with Crippen molar-refractivity contribution >= 4 is 17.1 Å². The van der Waals surface area contributed by atoms with Crippen molar-refractivity contribution in [1.29, 1.82) is 0 Å². The molecule has 0 aliphatic heterocycles. The molecule has 29 heavy (non-hydrogen) atoms. The molecule has 0 fully saturated rings. The van der Waals surface area contributed by atoms with E-state index >= 15 is 0 Å². The van der Waals surface area contributed by atoms with Crippen LogP contribution in [0.2, 0.25) is 25.2 Å². The van der Waals surface area contributed by atoms with Gasteiger partial charge in [-0.2, -0.15) is 0 Å². The van der Waals surface area contributed by atoms with Crippen LogP contribution in [0.15, 0.2) is 0 Å². The molecule has 4 N–H and O–H groups in total. The van der Waals surface area contributed by atoms with Crippen molar-refractivity contribution in [3.05, 3.63) is 0 Å². The van der Waals surface area contributed by atoms with Crippen LogP contribution in [0.4, 0.5) is 0 Å². The normalized spacial score (nSPS) is 13.2. The summed E-state index contributed by atoms with van der Waals surface area (Å²) in [6, 6.07) is 1.97. The summed E-state index contributed by atoms with van der Waals surface area (Å²) in [5, 5.41) is 0. The molecular weight excluding hydrogens is 400 g/mol. The molecule has 0 aromatic rings. The van der Waals surface area contributed by atoms with Gasteiger partial charge in [0.1, 0.15) is 0 Å². The van der Waals surface area contributed by atoms with Crippen LogP contribution in [0, 0.1) is 0 Å². The van der Waals surface area contributed by atoms with E-state index in [-0.39, 0.29) is 5.54 Å². The number of nitrogens with two attached hydrogens (primary N) is 2. The van der Waals surface area contributed by atoms with E-state index in [0.29, 0.717) is 0 Å². The van der Waals surface area contributed by atoms with Crippen molar-refractivity contribution in [2.75, 3.05) is 35.0 Å². The van der Waals surface area contributed by atoms with E-state index in [2.05, 4.69) is 13.1 Å². The van der Waals surface area contributed by atoms with Crippen molar-refractivity contribution < 1.29 is 17.7 Å². The standard InChI is InChI=1S/C21H50N2O4Si2/c1-24-28(5,25-2)19-13-16-21(23,15-11-9-7-8-10-12-18-22)17-14-20-29(6,26-3)27-4/h7-20,22-23H2,1-6H3. The monoisotopic (exact) mass is 450 g/mol. The second-order valence-electron chi connectivity index (χ2n) is 8.81. The van der Waals surface area contributed by atoms with Gasteiger partial charge in [0.15, 0.2) is 0 Å². The fourth-order valence-corrected chi connectivity index (χ4v) is 6.59. The topological polar surface area (TPSA) is 89.0 Å². The minimum absolute atomic E-state index is 0.120. The van der Waals surface area contributed by atoms with Crippen LogP contribution in [0.1, 0.15) is 70.6 Å². The van der Waals surface area contributed by atoms with Gasteiger partial charge < -0.3 is 29.2 Å². The van der Waals surface area contributed by atoms with Crippen LogP contribution in [0.3, 0.4) is 0 Å². The second kappa shape index (κ2) is 15.9. The molecule has 6 nitrogen and oxygen atoms in total. The molecule has 0 unspecified atom stereocenters. The Labute approximate surface area is 182 Å². The summed E-state index contributed by atoms with van der Waals surface area (Å²) < 4.78 is 22.6. The number of unbranched alkanes of at least 4 members (excludes halogenated alkanes) is 5. The largest absolute Gasteiger partial charge is 0.398 e. The third-order valence-electron chi connectivity index (χ3n) is 6.47. The zero-order valence-corrected chi connectivity index (χ0v) is 22.2. The summed E-state index contributed by atoms with van der Waals surface area (Å²) in [4.78, 5) is 0. The number of rotatable bonds is 20. The number of hydrogen-bond acceptors (Lipinski definition) is 6. The summed E-state index contributed by atoms with van der Waals surface area (Å²) in [6.45, 7) is 5.06. The molecule has 0 heterocycles. The molecule has 0 bridgehead atoms. The fraction of sp³-hybridized carbons (Fsp3) is 1.00. The molecule has 0 aromatic heterocycles. The lowest BCUT2D eigenvalue weighted by molar-refractivity contribution is 0.240. The molecular formula is C21H50N2O4Si2. The summed E-state index contributed by atoms with van der Waals surface area (Å²) in [5.41, 5.74) is 12.4. The van der Waals surface area contributed by atoms with Crippen LogP contribution in [-0.4, -0.2) is 57.6 Å². The van der Waals surface area contributed by atoms with Crippen LogP contribution >= 0.6 is 0 Å². The van der Waals surface area contributed by atoms with Gasteiger partial charge in [0.2, 0.25) is 0 Å². The Morgan fingerprint density at radius 2 is 0.931 bits per heavy atom. The van der Waals surface area contributed by atoms with Crippen molar-refractivity contribution in [3.63, 3.8) is 0 Å².